The van der Waals surface area contributed by atoms with Gasteiger partial charge in [0.2, 0.25) is 0 Å². The summed E-state index contributed by atoms with van der Waals surface area (Å²) in [5.41, 5.74) is 0. The topological polar surface area (TPSA) is 38.0 Å². The highest BCUT2D eigenvalue weighted by Gasteiger charge is 1.90. The molecule has 9 heavy (non-hydrogen) atoms. The molecule has 3 nitrogen and oxygen atoms in total. The van der Waals surface area contributed by atoms with E-state index in [0.717, 1.165) is 3.70 Å². The second-order valence-electron chi connectivity index (χ2n) is 1.66. The third kappa shape index (κ3) is 1.94. The van der Waals surface area contributed by atoms with Crippen molar-refractivity contribution in [1.82, 2.24) is 9.55 Å². The van der Waals surface area contributed by atoms with Gasteiger partial charge in [-0.25, -0.2) is 4.98 Å². The molecule has 1 aromatic rings. The first-order valence-electron chi connectivity index (χ1n) is 2.61. The first-order chi connectivity index (χ1) is 4.33. The maximum absolute atomic E-state index is 8.48. The summed E-state index contributed by atoms with van der Waals surface area (Å²) in [4.78, 5) is 3.97. The lowest BCUT2D eigenvalue weighted by Gasteiger charge is -1.93. The number of hydrogen-bond donors (Lipinski definition) is 1. The molecule has 0 saturated carbocycles. The molecular weight excluding hydrogens is 231 g/mol. The van der Waals surface area contributed by atoms with Crippen molar-refractivity contribution in [3.8, 4) is 0 Å². The minimum Gasteiger partial charge on any atom is -0.395 e. The molecule has 0 aromatic carbocycles. The van der Waals surface area contributed by atoms with Crippen molar-refractivity contribution in [1.29, 1.82) is 0 Å². The molecule has 0 aliphatic carbocycles. The van der Waals surface area contributed by atoms with Gasteiger partial charge in [-0.05, 0) is 22.6 Å². The molecule has 0 saturated heterocycles. The number of imidazole rings is 1. The molecule has 1 rings (SSSR count). The Morgan fingerprint density at radius 2 is 2.56 bits per heavy atom. The third-order valence-electron chi connectivity index (χ3n) is 0.960. The highest BCUT2D eigenvalue weighted by molar-refractivity contribution is 14.1. The lowest BCUT2D eigenvalue weighted by molar-refractivity contribution is 0.276. The van der Waals surface area contributed by atoms with Gasteiger partial charge in [-0.2, -0.15) is 0 Å². The largest absolute Gasteiger partial charge is 0.395 e. The predicted molar refractivity (Wildman–Crippen MR) is 42.0 cm³/mol. The number of nitrogens with zero attached hydrogens (tertiary/aromatic N) is 2. The monoisotopic (exact) mass is 238 g/mol. The van der Waals surface area contributed by atoms with Gasteiger partial charge in [0.25, 0.3) is 0 Å². The van der Waals surface area contributed by atoms with Crippen LogP contribution in [0.4, 0.5) is 0 Å². The molecule has 0 atom stereocenters. The van der Waals surface area contributed by atoms with Gasteiger partial charge >= 0.3 is 0 Å². The van der Waals surface area contributed by atoms with E-state index >= 15 is 0 Å². The quantitative estimate of drug-likeness (QED) is 0.761. The van der Waals surface area contributed by atoms with E-state index in [1.807, 2.05) is 10.8 Å². The lowest BCUT2D eigenvalue weighted by atomic mass is 10.7. The molecule has 0 unspecified atom stereocenters. The summed E-state index contributed by atoms with van der Waals surface area (Å²) < 4.78 is 2.81. The van der Waals surface area contributed by atoms with Crippen molar-refractivity contribution < 1.29 is 5.11 Å². The van der Waals surface area contributed by atoms with E-state index in [1.165, 1.54) is 0 Å². The smallest absolute Gasteiger partial charge is 0.119 e. The van der Waals surface area contributed by atoms with E-state index in [0.29, 0.717) is 6.54 Å². The zero-order valence-electron chi connectivity index (χ0n) is 4.79. The number of aliphatic hydroxyl groups is 1. The number of aliphatic hydroxyl groups excluding tert-OH is 1. The molecule has 0 aliphatic rings. The molecule has 0 radical (unpaired) electrons. The van der Waals surface area contributed by atoms with Crippen LogP contribution in [0.3, 0.4) is 0 Å². The van der Waals surface area contributed by atoms with Crippen LogP contribution in [-0.4, -0.2) is 21.3 Å². The third-order valence-corrected chi connectivity index (χ3v) is 1.52. The van der Waals surface area contributed by atoms with Gasteiger partial charge in [0.1, 0.15) is 3.70 Å². The van der Waals surface area contributed by atoms with Crippen molar-refractivity contribution >= 4 is 22.6 Å². The maximum atomic E-state index is 8.48. The van der Waals surface area contributed by atoms with Crippen LogP contribution in [0.2, 0.25) is 0 Å². The molecule has 0 aliphatic heterocycles. The van der Waals surface area contributed by atoms with Gasteiger partial charge in [-0.15, -0.1) is 0 Å². The first-order valence-corrected chi connectivity index (χ1v) is 3.69. The highest BCUT2D eigenvalue weighted by Crippen LogP contribution is 1.98. The molecule has 0 bridgehead atoms. The number of hydrogen-bond acceptors (Lipinski definition) is 2. The average molecular weight is 238 g/mol. The van der Waals surface area contributed by atoms with E-state index < -0.39 is 0 Å². The van der Waals surface area contributed by atoms with Crippen LogP contribution in [0.1, 0.15) is 0 Å². The van der Waals surface area contributed by atoms with Gasteiger partial charge < -0.3 is 9.67 Å². The Morgan fingerprint density at radius 3 is 3.00 bits per heavy atom. The van der Waals surface area contributed by atoms with Gasteiger partial charge in [0, 0.05) is 12.7 Å². The van der Waals surface area contributed by atoms with Gasteiger partial charge in [-0.3, -0.25) is 0 Å². The van der Waals surface area contributed by atoms with E-state index in [2.05, 4.69) is 27.6 Å². The van der Waals surface area contributed by atoms with E-state index in [9.17, 15) is 0 Å². The average Bonchev–Trinajstić information content (AvgIpc) is 2.17. The Kier molecular flexibility index (Phi) is 2.47. The van der Waals surface area contributed by atoms with Crippen LogP contribution in [0, 0.1) is 3.70 Å². The molecule has 0 spiro atoms. The van der Waals surface area contributed by atoms with Crippen LogP contribution < -0.4 is 0 Å². The SMILES string of the molecule is OCCn1cnc(I)c1. The molecule has 50 valence electrons. The second kappa shape index (κ2) is 3.17. The van der Waals surface area contributed by atoms with Crippen molar-refractivity contribution in [2.75, 3.05) is 6.61 Å². The summed E-state index contributed by atoms with van der Waals surface area (Å²) in [7, 11) is 0. The summed E-state index contributed by atoms with van der Waals surface area (Å²) >= 11 is 2.13. The van der Waals surface area contributed by atoms with Crippen molar-refractivity contribution in [3.05, 3.63) is 16.2 Å². The lowest BCUT2D eigenvalue weighted by Crippen LogP contribution is -1.97. The zero-order chi connectivity index (χ0) is 6.69. The summed E-state index contributed by atoms with van der Waals surface area (Å²) in [6.45, 7) is 0.808. The number of rotatable bonds is 2. The van der Waals surface area contributed by atoms with Crippen molar-refractivity contribution in [2.45, 2.75) is 6.54 Å². The number of halogens is 1. The van der Waals surface area contributed by atoms with Crippen LogP contribution in [0.15, 0.2) is 12.5 Å². The minimum atomic E-state index is 0.173. The molecular formula is C5H7IN2O. The van der Waals surface area contributed by atoms with Gasteiger partial charge in [-0.1, -0.05) is 0 Å². The Morgan fingerprint density at radius 1 is 1.78 bits per heavy atom. The highest BCUT2D eigenvalue weighted by atomic mass is 127. The van der Waals surface area contributed by atoms with Gasteiger partial charge in [0.15, 0.2) is 0 Å². The molecule has 1 N–H and O–H groups in total. The van der Waals surface area contributed by atoms with Crippen LogP contribution in [0.5, 0.6) is 0 Å². The summed E-state index contributed by atoms with van der Waals surface area (Å²) in [5, 5.41) is 8.48. The molecule has 0 amide bonds. The predicted octanol–water partition coefficient (Wildman–Crippen LogP) is 0.480. The second-order valence-corrected chi connectivity index (χ2v) is 2.76. The molecule has 4 heteroatoms. The van der Waals surface area contributed by atoms with Crippen LogP contribution in [0.25, 0.3) is 0 Å². The maximum Gasteiger partial charge on any atom is 0.119 e. The number of aromatic nitrogens is 2. The summed E-state index contributed by atoms with van der Waals surface area (Å²) in [5.74, 6) is 0. The van der Waals surface area contributed by atoms with E-state index in [-0.39, 0.29) is 6.61 Å². The van der Waals surface area contributed by atoms with E-state index in [1.54, 1.807) is 6.33 Å². The summed E-state index contributed by atoms with van der Waals surface area (Å²) in [6, 6.07) is 0. The Hall–Kier alpha value is -0.100. The zero-order valence-corrected chi connectivity index (χ0v) is 6.95. The Labute approximate surface area is 66.9 Å². The minimum absolute atomic E-state index is 0.173. The fraction of sp³-hybridized carbons (Fsp3) is 0.400. The summed E-state index contributed by atoms with van der Waals surface area (Å²) in [6.07, 6.45) is 3.59. The molecule has 0 fully saturated rings. The fourth-order valence-electron chi connectivity index (χ4n) is 0.571. The van der Waals surface area contributed by atoms with E-state index in [4.69, 9.17) is 5.11 Å². The van der Waals surface area contributed by atoms with Crippen molar-refractivity contribution in [2.24, 2.45) is 0 Å². The van der Waals surface area contributed by atoms with Crippen LogP contribution in [-0.2, 0) is 6.54 Å². The standard InChI is InChI=1S/C5H7IN2O/c6-5-3-8(1-2-9)4-7-5/h3-4,9H,1-2H2. The van der Waals surface area contributed by atoms with Crippen LogP contribution >= 0.6 is 22.6 Å². The molecule has 1 heterocycles. The van der Waals surface area contributed by atoms with Gasteiger partial charge in [0.05, 0.1) is 12.9 Å². The van der Waals surface area contributed by atoms with Crippen molar-refractivity contribution in [3.63, 3.8) is 0 Å². The normalized spacial score (nSPS) is 10.0. The Balaban J connectivity index is 2.61. The fourth-order valence-corrected chi connectivity index (χ4v) is 1.05. The molecule has 1 aromatic heterocycles. The first kappa shape index (κ1) is 7.01. The Bertz CT molecular complexity index is 187.